The number of halogens is 2. The Morgan fingerprint density at radius 2 is 1.75 bits per heavy atom. The lowest BCUT2D eigenvalue weighted by atomic mass is 9.83. The molecule has 1 fully saturated rings. The lowest BCUT2D eigenvalue weighted by Crippen LogP contribution is -2.86. The lowest BCUT2D eigenvalue weighted by Gasteiger charge is -2.35. The summed E-state index contributed by atoms with van der Waals surface area (Å²) in [6.07, 6.45) is 2.10. The Kier molecular flexibility index (Phi) is 6.83. The molecule has 2 rings (SSSR count). The van der Waals surface area contributed by atoms with Gasteiger partial charge in [-0.1, -0.05) is 31.9 Å². The quantitative estimate of drug-likeness (QED) is 0.414. The van der Waals surface area contributed by atoms with Crippen molar-refractivity contribution in [2.75, 3.05) is 13.1 Å². The Labute approximate surface area is 158 Å². The highest BCUT2D eigenvalue weighted by Crippen LogP contribution is 2.29. The Bertz CT molecular complexity index is 581. The second-order valence-corrected chi connectivity index (χ2v) is 9.44. The fourth-order valence-electron chi connectivity index (χ4n) is 2.82. The van der Waals surface area contributed by atoms with Gasteiger partial charge in [0, 0.05) is 18.8 Å². The van der Waals surface area contributed by atoms with Gasteiger partial charge in [0.1, 0.15) is 11.4 Å². The molecular weight excluding hydrogens is 442 g/mol. The first-order valence-corrected chi connectivity index (χ1v) is 9.77. The van der Waals surface area contributed by atoms with Crippen molar-refractivity contribution in [3.05, 3.63) is 29.8 Å². The van der Waals surface area contributed by atoms with E-state index >= 15 is 0 Å². The van der Waals surface area contributed by atoms with Gasteiger partial charge in [-0.25, -0.2) is 9.59 Å². The van der Waals surface area contributed by atoms with Crippen molar-refractivity contribution < 1.29 is 24.4 Å². The van der Waals surface area contributed by atoms with Crippen molar-refractivity contribution in [2.45, 2.75) is 36.0 Å². The van der Waals surface area contributed by atoms with E-state index in [1.807, 2.05) is 13.8 Å². The van der Waals surface area contributed by atoms with Crippen LogP contribution >= 0.6 is 31.9 Å². The fraction of sp³-hybridized carbons (Fsp3) is 0.529. The molecule has 0 atom stereocenters. The van der Waals surface area contributed by atoms with E-state index in [0.29, 0.717) is 17.2 Å². The zero-order valence-electron chi connectivity index (χ0n) is 13.8. The second-order valence-electron chi connectivity index (χ2n) is 6.38. The van der Waals surface area contributed by atoms with Gasteiger partial charge in [-0.05, 0) is 38.1 Å². The minimum atomic E-state index is -0.567. The van der Waals surface area contributed by atoms with E-state index in [-0.39, 0.29) is 5.97 Å². The highest BCUT2D eigenvalue weighted by atomic mass is 79.9. The number of benzene rings is 1. The minimum Gasteiger partial charge on any atom is -0.456 e. The predicted octanol–water partition coefficient (Wildman–Crippen LogP) is 2.62. The number of quaternary nitrogens is 1. The Hall–Kier alpha value is -0.920. The highest BCUT2D eigenvalue weighted by molar-refractivity contribution is 9.25. The first-order valence-electron chi connectivity index (χ1n) is 7.94. The molecule has 0 saturated carbocycles. The zero-order valence-corrected chi connectivity index (χ0v) is 16.9. The maximum Gasteiger partial charge on any atom is 0.338 e. The molecule has 1 aliphatic heterocycles. The van der Waals surface area contributed by atoms with Crippen molar-refractivity contribution in [3.8, 4) is 5.75 Å². The number of ether oxygens (including phenoxy) is 2. The molecule has 0 unspecified atom stereocenters. The molecule has 2 N–H and O–H groups in total. The molecule has 24 heavy (non-hydrogen) atoms. The Morgan fingerprint density at radius 1 is 1.17 bits per heavy atom. The summed E-state index contributed by atoms with van der Waals surface area (Å²) in [4.78, 5) is 23.9. The molecule has 0 aliphatic carbocycles. The number of piperidine rings is 1. The normalized spacial score (nSPS) is 16.0. The number of rotatable bonds is 5. The fourth-order valence-corrected chi connectivity index (χ4v) is 3.01. The van der Waals surface area contributed by atoms with Crippen LogP contribution in [0.4, 0.5) is 0 Å². The molecule has 0 aromatic heterocycles. The summed E-state index contributed by atoms with van der Waals surface area (Å²) in [7, 11) is 0. The summed E-state index contributed by atoms with van der Waals surface area (Å²) in [6.45, 7) is 6.11. The SMILES string of the molecule is CC(C)(OC(=O)c1ccc(OC(=O)C(Br)Br)cc1)C1CC[NH2+]CC1. The number of alkyl halides is 2. The van der Waals surface area contributed by atoms with Gasteiger partial charge in [0.15, 0.2) is 3.74 Å². The maximum atomic E-state index is 12.4. The van der Waals surface area contributed by atoms with Crippen molar-refractivity contribution >= 4 is 43.8 Å². The van der Waals surface area contributed by atoms with E-state index in [9.17, 15) is 9.59 Å². The molecule has 0 bridgehead atoms. The van der Waals surface area contributed by atoms with Crippen LogP contribution in [0, 0.1) is 5.92 Å². The number of nitrogens with two attached hydrogens (primary N) is 1. The third-order valence-electron chi connectivity index (χ3n) is 4.26. The molecule has 7 heteroatoms. The van der Waals surface area contributed by atoms with Crippen LogP contribution in [-0.2, 0) is 9.53 Å². The van der Waals surface area contributed by atoms with Crippen LogP contribution in [0.2, 0.25) is 0 Å². The summed E-state index contributed by atoms with van der Waals surface area (Å²) >= 11 is 6.14. The molecule has 1 aromatic rings. The van der Waals surface area contributed by atoms with Crippen LogP contribution < -0.4 is 10.1 Å². The Balaban J connectivity index is 1.98. The second kappa shape index (κ2) is 8.45. The Morgan fingerprint density at radius 3 is 2.29 bits per heavy atom. The van der Waals surface area contributed by atoms with E-state index in [1.165, 1.54) is 0 Å². The van der Waals surface area contributed by atoms with Crippen LogP contribution in [0.1, 0.15) is 37.0 Å². The van der Waals surface area contributed by atoms with Crippen molar-refractivity contribution in [3.63, 3.8) is 0 Å². The molecule has 1 aromatic carbocycles. The standard InChI is InChI=1S/C17H21Br2NO4/c1-17(2,12-7-9-20-10-8-12)24-15(21)11-3-5-13(6-4-11)23-16(22)14(18)19/h3-6,12,14,20H,7-10H2,1-2H3/p+1. The van der Waals surface area contributed by atoms with Gasteiger partial charge in [0.05, 0.1) is 18.7 Å². The summed E-state index contributed by atoms with van der Waals surface area (Å²) in [5, 5.41) is 2.29. The molecule has 1 heterocycles. The van der Waals surface area contributed by atoms with Crippen LogP contribution in [0.15, 0.2) is 24.3 Å². The summed E-state index contributed by atoms with van der Waals surface area (Å²) in [6, 6.07) is 6.37. The van der Waals surface area contributed by atoms with Gasteiger partial charge in [-0.2, -0.15) is 0 Å². The topological polar surface area (TPSA) is 69.2 Å². The number of hydrogen-bond donors (Lipinski definition) is 1. The van der Waals surface area contributed by atoms with Gasteiger partial charge in [-0.3, -0.25) is 0 Å². The first-order chi connectivity index (χ1) is 11.3. The first kappa shape index (κ1) is 19.4. The molecule has 1 saturated heterocycles. The third kappa shape index (κ3) is 5.29. The van der Waals surface area contributed by atoms with Gasteiger partial charge < -0.3 is 14.8 Å². The smallest absolute Gasteiger partial charge is 0.338 e. The predicted molar refractivity (Wildman–Crippen MR) is 97.6 cm³/mol. The van der Waals surface area contributed by atoms with Gasteiger partial charge in [0.25, 0.3) is 0 Å². The van der Waals surface area contributed by atoms with Crippen LogP contribution in [0.5, 0.6) is 5.75 Å². The van der Waals surface area contributed by atoms with E-state index in [0.717, 1.165) is 25.9 Å². The lowest BCUT2D eigenvalue weighted by molar-refractivity contribution is -0.665. The van der Waals surface area contributed by atoms with Crippen molar-refractivity contribution in [1.29, 1.82) is 0 Å². The van der Waals surface area contributed by atoms with Crippen LogP contribution in [0.25, 0.3) is 0 Å². The average Bonchev–Trinajstić information content (AvgIpc) is 2.55. The van der Waals surface area contributed by atoms with E-state index in [2.05, 4.69) is 37.2 Å². The number of hydrogen-bond acceptors (Lipinski definition) is 4. The largest absolute Gasteiger partial charge is 0.456 e. The molecule has 0 spiro atoms. The maximum absolute atomic E-state index is 12.4. The molecule has 132 valence electrons. The summed E-state index contributed by atoms with van der Waals surface area (Å²) in [5.41, 5.74) is -0.0465. The van der Waals surface area contributed by atoms with Gasteiger partial charge in [-0.15, -0.1) is 0 Å². The van der Waals surface area contributed by atoms with Crippen LogP contribution in [0.3, 0.4) is 0 Å². The minimum absolute atomic E-state index is 0.355. The van der Waals surface area contributed by atoms with Crippen LogP contribution in [-0.4, -0.2) is 34.4 Å². The van der Waals surface area contributed by atoms with Crippen molar-refractivity contribution in [2.24, 2.45) is 5.92 Å². The molecular formula is C17H22Br2NO4+. The number of carbonyl (C=O) groups is 2. The van der Waals surface area contributed by atoms with E-state index < -0.39 is 15.3 Å². The molecule has 0 radical (unpaired) electrons. The zero-order chi connectivity index (χ0) is 17.7. The summed E-state index contributed by atoms with van der Waals surface area (Å²) in [5.74, 6) is -0.0594. The molecule has 0 amide bonds. The summed E-state index contributed by atoms with van der Waals surface area (Å²) < 4.78 is 10.3. The van der Waals surface area contributed by atoms with E-state index in [4.69, 9.17) is 9.47 Å². The van der Waals surface area contributed by atoms with Crippen molar-refractivity contribution in [1.82, 2.24) is 0 Å². The average molecular weight is 464 g/mol. The van der Waals surface area contributed by atoms with Gasteiger partial charge in [0.2, 0.25) is 0 Å². The third-order valence-corrected chi connectivity index (χ3v) is 5.01. The molecule has 5 nitrogen and oxygen atoms in total. The molecule has 1 aliphatic rings. The number of esters is 2. The number of carbonyl (C=O) groups excluding carboxylic acids is 2. The monoisotopic (exact) mass is 462 g/mol. The van der Waals surface area contributed by atoms with Gasteiger partial charge >= 0.3 is 11.9 Å². The highest BCUT2D eigenvalue weighted by Gasteiger charge is 2.35. The van der Waals surface area contributed by atoms with E-state index in [1.54, 1.807) is 24.3 Å².